The van der Waals surface area contributed by atoms with Crippen molar-refractivity contribution in [3.05, 3.63) is 71.2 Å². The van der Waals surface area contributed by atoms with E-state index < -0.39 is 0 Å². The lowest BCUT2D eigenvalue weighted by Crippen LogP contribution is -2.37. The molecule has 5 rings (SSSR count). The second-order valence-corrected chi connectivity index (χ2v) is 7.21. The van der Waals surface area contributed by atoms with Gasteiger partial charge in [-0.25, -0.2) is 4.79 Å². The van der Waals surface area contributed by atoms with Crippen LogP contribution in [-0.2, 0) is 4.84 Å². The molecule has 136 valence electrons. The normalized spacial score (nSPS) is 20.7. The molecular weight excluding hydrogens is 364 g/mol. The molecule has 3 aromatic rings. The number of fused-ring (bicyclic) bond motifs is 5. The number of benzene rings is 3. The number of anilines is 1. The maximum Gasteiger partial charge on any atom is 0.346 e. The van der Waals surface area contributed by atoms with Crippen LogP contribution in [0.3, 0.4) is 0 Å². The standard InChI is InChI=1S/C21H17ClN2O3/c22-15-6-8-16(9-7-15)23-21(25)24-20-14(12-27-24)11-26-18-10-5-13-3-1-2-4-17(13)19(18)20/h1-10,14,20H,11-12H2,(H,23,25)/t14-,20+/m0/s1. The van der Waals surface area contributed by atoms with Crippen molar-refractivity contribution in [2.45, 2.75) is 6.04 Å². The van der Waals surface area contributed by atoms with Crippen LogP contribution in [0.2, 0.25) is 5.02 Å². The molecule has 27 heavy (non-hydrogen) atoms. The number of halogens is 1. The van der Waals surface area contributed by atoms with Gasteiger partial charge in [-0.3, -0.25) is 4.84 Å². The van der Waals surface area contributed by atoms with Gasteiger partial charge in [0.25, 0.3) is 0 Å². The van der Waals surface area contributed by atoms with E-state index in [1.54, 1.807) is 24.3 Å². The van der Waals surface area contributed by atoms with Gasteiger partial charge < -0.3 is 10.1 Å². The Bertz CT molecular complexity index is 1020. The van der Waals surface area contributed by atoms with E-state index in [9.17, 15) is 4.79 Å². The lowest BCUT2D eigenvalue weighted by molar-refractivity contribution is -0.0830. The van der Waals surface area contributed by atoms with Gasteiger partial charge in [0.1, 0.15) is 5.75 Å². The minimum atomic E-state index is -0.300. The molecule has 3 aromatic carbocycles. The average molecular weight is 381 g/mol. The minimum Gasteiger partial charge on any atom is -0.493 e. The molecule has 2 aliphatic rings. The summed E-state index contributed by atoms with van der Waals surface area (Å²) in [4.78, 5) is 18.7. The Morgan fingerprint density at radius 1 is 1.04 bits per heavy atom. The van der Waals surface area contributed by atoms with Crippen molar-refractivity contribution in [2.24, 2.45) is 5.92 Å². The second-order valence-electron chi connectivity index (χ2n) is 6.77. The van der Waals surface area contributed by atoms with Gasteiger partial charge in [0.15, 0.2) is 0 Å². The van der Waals surface area contributed by atoms with Crippen molar-refractivity contribution >= 4 is 34.1 Å². The van der Waals surface area contributed by atoms with Gasteiger partial charge in [-0.2, -0.15) is 5.06 Å². The van der Waals surface area contributed by atoms with E-state index in [1.165, 1.54) is 5.06 Å². The number of hydrogen-bond acceptors (Lipinski definition) is 3. The second kappa shape index (κ2) is 6.44. The summed E-state index contributed by atoms with van der Waals surface area (Å²) in [6.45, 7) is 0.974. The fourth-order valence-corrected chi connectivity index (χ4v) is 3.96. The average Bonchev–Trinajstić information content (AvgIpc) is 3.14. The van der Waals surface area contributed by atoms with Gasteiger partial charge in [-0.1, -0.05) is 41.9 Å². The molecule has 0 bridgehead atoms. The number of nitrogens with one attached hydrogen (secondary N) is 1. The Balaban J connectivity index is 1.52. The number of urea groups is 1. The summed E-state index contributed by atoms with van der Waals surface area (Å²) in [5, 5.41) is 7.16. The van der Waals surface area contributed by atoms with Gasteiger partial charge in [-0.05, 0) is 41.1 Å². The van der Waals surface area contributed by atoms with E-state index in [-0.39, 0.29) is 18.0 Å². The van der Waals surface area contributed by atoms with E-state index in [0.717, 1.165) is 22.1 Å². The molecule has 0 spiro atoms. The number of ether oxygens (including phenoxy) is 1. The van der Waals surface area contributed by atoms with Crippen LogP contribution in [0, 0.1) is 5.92 Å². The Hall–Kier alpha value is -2.76. The summed E-state index contributed by atoms with van der Waals surface area (Å²) in [7, 11) is 0. The van der Waals surface area contributed by atoms with Crippen molar-refractivity contribution < 1.29 is 14.4 Å². The fourth-order valence-electron chi connectivity index (χ4n) is 3.83. The Labute approximate surface area is 161 Å². The van der Waals surface area contributed by atoms with E-state index in [0.29, 0.717) is 23.9 Å². The molecule has 2 aliphatic heterocycles. The van der Waals surface area contributed by atoms with Crippen LogP contribution in [-0.4, -0.2) is 24.3 Å². The maximum absolute atomic E-state index is 12.9. The highest BCUT2D eigenvalue weighted by Gasteiger charge is 2.45. The number of carbonyl (C=O) groups is 1. The molecule has 0 saturated carbocycles. The number of hydroxylamine groups is 2. The van der Waals surface area contributed by atoms with Gasteiger partial charge >= 0.3 is 6.03 Å². The first-order valence-corrected chi connectivity index (χ1v) is 9.21. The van der Waals surface area contributed by atoms with Crippen LogP contribution in [0.4, 0.5) is 10.5 Å². The highest BCUT2D eigenvalue weighted by molar-refractivity contribution is 6.30. The molecule has 1 fully saturated rings. The zero-order valence-corrected chi connectivity index (χ0v) is 15.1. The van der Waals surface area contributed by atoms with E-state index in [2.05, 4.69) is 17.4 Å². The molecular formula is C21H17ClN2O3. The molecule has 1 saturated heterocycles. The third-order valence-corrected chi connectivity index (χ3v) is 5.35. The molecule has 0 radical (unpaired) electrons. The van der Waals surface area contributed by atoms with Gasteiger partial charge in [0, 0.05) is 22.2 Å². The topological polar surface area (TPSA) is 50.8 Å². The van der Waals surface area contributed by atoms with Crippen LogP contribution in [0.5, 0.6) is 5.75 Å². The molecule has 0 unspecified atom stereocenters. The lowest BCUT2D eigenvalue weighted by Gasteiger charge is -2.32. The van der Waals surface area contributed by atoms with Crippen LogP contribution >= 0.6 is 11.6 Å². The third kappa shape index (κ3) is 2.80. The third-order valence-electron chi connectivity index (χ3n) is 5.10. The molecule has 2 heterocycles. The molecule has 5 nitrogen and oxygen atoms in total. The van der Waals surface area contributed by atoms with Crippen molar-refractivity contribution in [3.8, 4) is 5.75 Å². The predicted octanol–water partition coefficient (Wildman–Crippen LogP) is 5.02. The number of rotatable bonds is 1. The Morgan fingerprint density at radius 3 is 2.70 bits per heavy atom. The molecule has 2 amide bonds. The lowest BCUT2D eigenvalue weighted by atomic mass is 9.88. The number of amides is 2. The first-order valence-electron chi connectivity index (χ1n) is 8.84. The first kappa shape index (κ1) is 16.4. The van der Waals surface area contributed by atoms with Crippen LogP contribution in [0.1, 0.15) is 11.6 Å². The number of carbonyl (C=O) groups excluding carboxylic acids is 1. The summed E-state index contributed by atoms with van der Waals surface area (Å²) in [6.07, 6.45) is 0. The van der Waals surface area contributed by atoms with E-state index >= 15 is 0 Å². The van der Waals surface area contributed by atoms with Crippen LogP contribution in [0.15, 0.2) is 60.7 Å². The summed E-state index contributed by atoms with van der Waals surface area (Å²) in [6, 6.07) is 18.7. The van der Waals surface area contributed by atoms with Gasteiger partial charge in [-0.15, -0.1) is 0 Å². The summed E-state index contributed by atoms with van der Waals surface area (Å²) in [5.74, 6) is 0.906. The first-order chi connectivity index (χ1) is 13.2. The van der Waals surface area contributed by atoms with E-state index in [1.807, 2.05) is 24.3 Å². The Morgan fingerprint density at radius 2 is 1.85 bits per heavy atom. The van der Waals surface area contributed by atoms with Crippen LogP contribution in [0.25, 0.3) is 10.8 Å². The number of hydrogen-bond donors (Lipinski definition) is 1. The largest absolute Gasteiger partial charge is 0.493 e. The van der Waals surface area contributed by atoms with Gasteiger partial charge in [0.2, 0.25) is 0 Å². The highest BCUT2D eigenvalue weighted by Crippen LogP contribution is 2.46. The fraction of sp³-hybridized carbons (Fsp3) is 0.190. The van der Waals surface area contributed by atoms with Gasteiger partial charge in [0.05, 0.1) is 19.3 Å². The van der Waals surface area contributed by atoms with Crippen molar-refractivity contribution in [1.29, 1.82) is 0 Å². The predicted molar refractivity (Wildman–Crippen MR) is 104 cm³/mol. The maximum atomic E-state index is 12.9. The van der Waals surface area contributed by atoms with Crippen molar-refractivity contribution in [2.75, 3.05) is 18.5 Å². The molecule has 1 N–H and O–H groups in total. The molecule has 2 atom stereocenters. The quantitative estimate of drug-likeness (QED) is 0.644. The summed E-state index contributed by atoms with van der Waals surface area (Å²) < 4.78 is 5.95. The summed E-state index contributed by atoms with van der Waals surface area (Å²) >= 11 is 5.92. The van der Waals surface area contributed by atoms with Crippen molar-refractivity contribution in [1.82, 2.24) is 5.06 Å². The monoisotopic (exact) mass is 380 g/mol. The molecule has 6 heteroatoms. The molecule has 0 aromatic heterocycles. The number of nitrogens with zero attached hydrogens (tertiary/aromatic N) is 1. The zero-order chi connectivity index (χ0) is 18.4. The highest BCUT2D eigenvalue weighted by atomic mass is 35.5. The van der Waals surface area contributed by atoms with Crippen molar-refractivity contribution in [3.63, 3.8) is 0 Å². The minimum absolute atomic E-state index is 0.0965. The summed E-state index contributed by atoms with van der Waals surface area (Å²) in [5.41, 5.74) is 1.68. The smallest absolute Gasteiger partial charge is 0.346 e. The SMILES string of the molecule is O=C(Nc1ccc(Cl)cc1)N1OC[C@@H]2COc3ccc4ccccc4c3[C@@H]21. The van der Waals surface area contributed by atoms with Crippen LogP contribution < -0.4 is 10.1 Å². The van der Waals surface area contributed by atoms with E-state index in [4.69, 9.17) is 21.2 Å². The zero-order valence-electron chi connectivity index (χ0n) is 14.4. The molecule has 0 aliphatic carbocycles. The Kier molecular flexibility index (Phi) is 3.92.